The van der Waals surface area contributed by atoms with Crippen molar-refractivity contribution < 1.29 is 9.90 Å². The van der Waals surface area contributed by atoms with Gasteiger partial charge in [0.15, 0.2) is 0 Å². The lowest BCUT2D eigenvalue weighted by Crippen LogP contribution is -2.27. The van der Waals surface area contributed by atoms with Crippen molar-refractivity contribution in [2.75, 3.05) is 0 Å². The van der Waals surface area contributed by atoms with Gasteiger partial charge in [0.1, 0.15) is 0 Å². The van der Waals surface area contributed by atoms with Gasteiger partial charge in [0.05, 0.1) is 6.42 Å². The molecule has 1 unspecified atom stereocenters. The molecule has 1 atom stereocenters. The van der Waals surface area contributed by atoms with E-state index in [-0.39, 0.29) is 6.42 Å². The standard InChI is InChI=1S/C15H17NO2/c17-14(18)9-10-5-1-2-7-12-11-6-3-4-8-13(11)16-15(10)12/h1-2,5,7,13,16H,3-4,6,8-9H2,(H,17,18). The average molecular weight is 243 g/mol. The highest BCUT2D eigenvalue weighted by Crippen LogP contribution is 2.38. The zero-order valence-corrected chi connectivity index (χ0v) is 10.3. The van der Waals surface area contributed by atoms with Crippen molar-refractivity contribution in [2.24, 2.45) is 0 Å². The van der Waals surface area contributed by atoms with E-state index >= 15 is 0 Å². The fourth-order valence-electron chi connectivity index (χ4n) is 3.08. The molecule has 1 fully saturated rings. The highest BCUT2D eigenvalue weighted by molar-refractivity contribution is 5.73. The summed E-state index contributed by atoms with van der Waals surface area (Å²) in [6.07, 6.45) is 12.9. The number of aliphatic carboxylic acids is 1. The molecule has 1 saturated carbocycles. The first-order chi connectivity index (χ1) is 8.75. The molecule has 3 nitrogen and oxygen atoms in total. The van der Waals surface area contributed by atoms with Crippen LogP contribution in [0.4, 0.5) is 0 Å². The van der Waals surface area contributed by atoms with Gasteiger partial charge >= 0.3 is 5.97 Å². The first kappa shape index (κ1) is 11.3. The van der Waals surface area contributed by atoms with Gasteiger partial charge in [-0.05, 0) is 36.0 Å². The summed E-state index contributed by atoms with van der Waals surface area (Å²) in [4.78, 5) is 11.0. The van der Waals surface area contributed by atoms with Crippen LogP contribution in [0.15, 0.2) is 46.7 Å². The molecule has 18 heavy (non-hydrogen) atoms. The summed E-state index contributed by atoms with van der Waals surface area (Å²) in [5.41, 5.74) is 4.65. The highest BCUT2D eigenvalue weighted by atomic mass is 16.4. The first-order valence-corrected chi connectivity index (χ1v) is 6.55. The summed E-state index contributed by atoms with van der Waals surface area (Å²) in [5.74, 6) is -0.773. The number of hydrogen-bond donors (Lipinski definition) is 2. The molecule has 3 rings (SSSR count). The molecule has 3 heteroatoms. The molecule has 1 aliphatic heterocycles. The predicted molar refractivity (Wildman–Crippen MR) is 70.0 cm³/mol. The average Bonchev–Trinajstić information content (AvgIpc) is 2.61. The van der Waals surface area contributed by atoms with Gasteiger partial charge in [0.25, 0.3) is 0 Å². The first-order valence-electron chi connectivity index (χ1n) is 6.55. The Bertz CT molecular complexity index is 509. The van der Waals surface area contributed by atoms with Gasteiger partial charge in [-0.15, -0.1) is 0 Å². The Labute approximate surface area is 107 Å². The van der Waals surface area contributed by atoms with Crippen LogP contribution in [-0.2, 0) is 4.79 Å². The molecule has 2 N–H and O–H groups in total. The van der Waals surface area contributed by atoms with Gasteiger partial charge in [-0.1, -0.05) is 30.7 Å². The molecule has 0 bridgehead atoms. The molecule has 0 aromatic rings. The lowest BCUT2D eigenvalue weighted by atomic mass is 9.89. The zero-order valence-electron chi connectivity index (χ0n) is 10.3. The van der Waals surface area contributed by atoms with Gasteiger partial charge < -0.3 is 10.4 Å². The van der Waals surface area contributed by atoms with Crippen LogP contribution in [0, 0.1) is 0 Å². The number of carboxylic acids is 1. The van der Waals surface area contributed by atoms with E-state index in [0.717, 1.165) is 17.7 Å². The Kier molecular flexibility index (Phi) is 2.82. The van der Waals surface area contributed by atoms with E-state index in [9.17, 15) is 4.79 Å². The van der Waals surface area contributed by atoms with Crippen molar-refractivity contribution in [1.29, 1.82) is 0 Å². The Morgan fingerprint density at radius 3 is 3.00 bits per heavy atom. The molecular formula is C15H17NO2. The van der Waals surface area contributed by atoms with Crippen LogP contribution in [0.2, 0.25) is 0 Å². The van der Waals surface area contributed by atoms with Crippen molar-refractivity contribution >= 4 is 5.97 Å². The van der Waals surface area contributed by atoms with Crippen molar-refractivity contribution in [1.82, 2.24) is 5.32 Å². The fourth-order valence-corrected chi connectivity index (χ4v) is 3.08. The van der Waals surface area contributed by atoms with E-state index in [4.69, 9.17) is 5.11 Å². The predicted octanol–water partition coefficient (Wildman–Crippen LogP) is 2.68. The Balaban J connectivity index is 2.04. The Hall–Kier alpha value is -1.77. The summed E-state index contributed by atoms with van der Waals surface area (Å²) in [5, 5.41) is 12.5. The van der Waals surface area contributed by atoms with Crippen molar-refractivity contribution in [2.45, 2.75) is 38.1 Å². The number of allylic oxidation sites excluding steroid dienone is 4. The smallest absolute Gasteiger partial charge is 0.307 e. The van der Waals surface area contributed by atoms with Crippen LogP contribution in [-0.4, -0.2) is 17.1 Å². The van der Waals surface area contributed by atoms with Crippen molar-refractivity contribution in [3.63, 3.8) is 0 Å². The van der Waals surface area contributed by atoms with Crippen molar-refractivity contribution in [3.05, 3.63) is 46.7 Å². The van der Waals surface area contributed by atoms with Crippen molar-refractivity contribution in [3.8, 4) is 0 Å². The normalized spacial score (nSPS) is 25.7. The maximum absolute atomic E-state index is 11.0. The molecule has 0 aromatic heterocycles. The molecule has 0 amide bonds. The van der Waals surface area contributed by atoms with E-state index < -0.39 is 5.97 Å². The minimum atomic E-state index is -0.773. The zero-order chi connectivity index (χ0) is 12.5. The van der Waals surface area contributed by atoms with E-state index in [0.29, 0.717) is 6.04 Å². The number of hydrogen-bond acceptors (Lipinski definition) is 2. The second kappa shape index (κ2) is 4.48. The number of nitrogens with one attached hydrogen (secondary N) is 1. The maximum atomic E-state index is 11.0. The topological polar surface area (TPSA) is 49.3 Å². The molecule has 1 heterocycles. The SMILES string of the molecule is O=C(O)CC1=C2NC3CCCCC3=C2C=CC=C1. The third kappa shape index (κ3) is 1.90. The summed E-state index contributed by atoms with van der Waals surface area (Å²) in [6, 6.07) is 0.434. The van der Waals surface area contributed by atoms with Crippen LogP contribution in [0.1, 0.15) is 32.1 Å². The number of rotatable bonds is 2. The number of carbonyl (C=O) groups is 1. The van der Waals surface area contributed by atoms with Crippen LogP contribution >= 0.6 is 0 Å². The van der Waals surface area contributed by atoms with E-state index in [1.165, 1.54) is 30.4 Å². The monoisotopic (exact) mass is 243 g/mol. The molecule has 2 aliphatic carbocycles. The van der Waals surface area contributed by atoms with Crippen LogP contribution in [0.25, 0.3) is 0 Å². The summed E-state index contributed by atoms with van der Waals surface area (Å²) < 4.78 is 0. The van der Waals surface area contributed by atoms with Gasteiger partial charge in [0.2, 0.25) is 0 Å². The minimum absolute atomic E-state index is 0.0873. The quantitative estimate of drug-likeness (QED) is 0.784. The lowest BCUT2D eigenvalue weighted by Gasteiger charge is -2.21. The minimum Gasteiger partial charge on any atom is -0.481 e. The van der Waals surface area contributed by atoms with Crippen LogP contribution < -0.4 is 5.32 Å². The molecular weight excluding hydrogens is 226 g/mol. The number of carboxylic acid groups (broad SMARTS) is 1. The van der Waals surface area contributed by atoms with Crippen LogP contribution in [0.5, 0.6) is 0 Å². The number of fused-ring (bicyclic) bond motifs is 2. The molecule has 0 radical (unpaired) electrons. The van der Waals surface area contributed by atoms with Crippen LogP contribution in [0.3, 0.4) is 0 Å². The van der Waals surface area contributed by atoms with E-state index in [1.54, 1.807) is 0 Å². The third-order valence-corrected chi connectivity index (χ3v) is 3.88. The highest BCUT2D eigenvalue weighted by Gasteiger charge is 2.31. The molecule has 0 saturated heterocycles. The molecule has 94 valence electrons. The second-order valence-electron chi connectivity index (χ2n) is 5.07. The maximum Gasteiger partial charge on any atom is 0.307 e. The Morgan fingerprint density at radius 1 is 1.33 bits per heavy atom. The Morgan fingerprint density at radius 2 is 2.17 bits per heavy atom. The summed E-state index contributed by atoms with van der Waals surface area (Å²) in [6.45, 7) is 0. The van der Waals surface area contributed by atoms with E-state index in [1.807, 2.05) is 18.2 Å². The van der Waals surface area contributed by atoms with E-state index in [2.05, 4.69) is 11.4 Å². The van der Waals surface area contributed by atoms with Gasteiger partial charge in [-0.2, -0.15) is 0 Å². The molecule has 0 aromatic carbocycles. The lowest BCUT2D eigenvalue weighted by molar-refractivity contribution is -0.136. The van der Waals surface area contributed by atoms with Gasteiger partial charge in [-0.25, -0.2) is 0 Å². The molecule has 3 aliphatic rings. The van der Waals surface area contributed by atoms with Gasteiger partial charge in [0, 0.05) is 11.7 Å². The largest absolute Gasteiger partial charge is 0.481 e. The second-order valence-corrected chi connectivity index (χ2v) is 5.07. The third-order valence-electron chi connectivity index (χ3n) is 3.88. The van der Waals surface area contributed by atoms with Gasteiger partial charge in [-0.3, -0.25) is 4.79 Å². The molecule has 0 spiro atoms. The fraction of sp³-hybridized carbons (Fsp3) is 0.400. The summed E-state index contributed by atoms with van der Waals surface area (Å²) in [7, 11) is 0. The summed E-state index contributed by atoms with van der Waals surface area (Å²) >= 11 is 0.